The predicted molar refractivity (Wildman–Crippen MR) is 163 cm³/mol. The van der Waals surface area contributed by atoms with Crippen LogP contribution >= 0.6 is 0 Å². The van der Waals surface area contributed by atoms with Gasteiger partial charge < -0.3 is 62.2 Å². The molecule has 3 heterocycles. The maximum Gasteiger partial charge on any atom is 0.335 e. The number of carboxylic acid groups (broad SMARTS) is 1. The molecule has 0 saturated carbocycles. The average Bonchev–Trinajstić information content (AvgIpc) is 3.42. The Kier molecular flexibility index (Phi) is 11.1. The van der Waals surface area contributed by atoms with Gasteiger partial charge in [-0.2, -0.15) is 0 Å². The lowest BCUT2D eigenvalue weighted by atomic mass is 10.1. The molecule has 0 aromatic heterocycles. The molecule has 0 aliphatic carbocycles. The van der Waals surface area contributed by atoms with Gasteiger partial charge in [0.05, 0.1) is 49.9 Å². The fourth-order valence-corrected chi connectivity index (χ4v) is 4.27. The second-order valence-electron chi connectivity index (χ2n) is 10.4. The van der Waals surface area contributed by atoms with Crippen molar-refractivity contribution < 1.29 is 49.4 Å². The molecule has 11 N–H and O–H groups in total. The molecular formula is C28H34N8O10. The van der Waals surface area contributed by atoms with Crippen LogP contribution in [0.25, 0.3) is 0 Å². The molecule has 2 aromatic rings. The van der Waals surface area contributed by atoms with Crippen LogP contribution in [0.3, 0.4) is 0 Å². The van der Waals surface area contributed by atoms with Crippen LogP contribution in [0.1, 0.15) is 27.1 Å². The standard InChI is InChI=1S/C17H21N5O6.C11H13N3O4/c23-12-2-9(1-10(3-12)22-17-19-5-13(24)6-20-17)16(27)18-7-14(25)21-11-4-15(26)28-8-11;15-8-2-6(10(17)18)1-7(3-8)14-11-12-4-9(16)5-13-11/h1-3,11,13,23-24H,4-8H2,(H,18,27)(H,21,25)(H2,19,20,22);1-3,9,15-16H,4-5H2,(H,17,18)(H2,12,13,14)/t11-;/m0./s1. The van der Waals surface area contributed by atoms with E-state index in [1.807, 2.05) is 0 Å². The number of nitrogens with one attached hydrogen (secondary N) is 6. The molecule has 3 atom stereocenters. The number of aromatic hydroxyl groups is 2. The number of phenolic OH excluding ortho intramolecular Hbond substituents is 2. The first-order valence-electron chi connectivity index (χ1n) is 14.0. The third-order valence-corrected chi connectivity index (χ3v) is 6.43. The van der Waals surface area contributed by atoms with Crippen molar-refractivity contribution in [3.05, 3.63) is 47.5 Å². The molecule has 3 aliphatic rings. The van der Waals surface area contributed by atoms with Gasteiger partial charge in [-0.05, 0) is 24.3 Å². The zero-order valence-corrected chi connectivity index (χ0v) is 24.3. The number of aliphatic imine (C=N–C) groups is 2. The second kappa shape index (κ2) is 15.4. The Labute approximate surface area is 261 Å². The monoisotopic (exact) mass is 642 g/mol. The van der Waals surface area contributed by atoms with Crippen molar-refractivity contribution in [2.75, 3.05) is 50.0 Å². The van der Waals surface area contributed by atoms with Gasteiger partial charge in [-0.1, -0.05) is 0 Å². The van der Waals surface area contributed by atoms with Crippen molar-refractivity contribution in [3.63, 3.8) is 0 Å². The number of guanidine groups is 2. The van der Waals surface area contributed by atoms with Crippen LogP contribution in [0.2, 0.25) is 0 Å². The van der Waals surface area contributed by atoms with Crippen molar-refractivity contribution in [3.8, 4) is 11.5 Å². The third kappa shape index (κ3) is 10.2. The van der Waals surface area contributed by atoms with Gasteiger partial charge in [0.1, 0.15) is 18.1 Å². The molecule has 18 nitrogen and oxygen atoms in total. The molecule has 2 amide bonds. The van der Waals surface area contributed by atoms with Crippen LogP contribution < -0.4 is 31.9 Å². The molecule has 2 aromatic carbocycles. The number of carbonyl (C=O) groups is 4. The highest BCUT2D eigenvalue weighted by atomic mass is 16.5. The average molecular weight is 643 g/mol. The number of carbonyl (C=O) groups excluding carboxylic acids is 3. The van der Waals surface area contributed by atoms with Crippen molar-refractivity contribution in [2.24, 2.45) is 9.98 Å². The number of phenols is 2. The second-order valence-corrected chi connectivity index (χ2v) is 10.4. The van der Waals surface area contributed by atoms with E-state index in [0.29, 0.717) is 36.4 Å². The van der Waals surface area contributed by atoms with E-state index in [2.05, 4.69) is 41.9 Å². The van der Waals surface area contributed by atoms with Crippen molar-refractivity contribution in [1.82, 2.24) is 21.3 Å². The van der Waals surface area contributed by atoms with Gasteiger partial charge in [0, 0.05) is 42.2 Å². The minimum atomic E-state index is -1.12. The van der Waals surface area contributed by atoms with Gasteiger partial charge >= 0.3 is 11.9 Å². The fraction of sp³-hybridized carbons (Fsp3) is 0.357. The lowest BCUT2D eigenvalue weighted by Crippen LogP contribution is -2.42. The number of hydrogen-bond donors (Lipinski definition) is 11. The van der Waals surface area contributed by atoms with Gasteiger partial charge in [-0.3, -0.25) is 24.4 Å². The molecule has 1 saturated heterocycles. The Balaban J connectivity index is 0.000000230. The maximum atomic E-state index is 12.3. The SMILES string of the molecule is O=C(CNC(=O)c1cc(O)cc(NC2=NCC(O)CN2)c1)N[C@@H]1COC(=O)C1.O=C(O)c1cc(O)cc(NC2=NCC(O)CN2)c1. The molecular weight excluding hydrogens is 608 g/mol. The summed E-state index contributed by atoms with van der Waals surface area (Å²) in [6, 6.07) is 7.71. The highest BCUT2D eigenvalue weighted by Gasteiger charge is 2.25. The van der Waals surface area contributed by atoms with Crippen molar-refractivity contribution >= 4 is 47.0 Å². The van der Waals surface area contributed by atoms with E-state index in [1.54, 1.807) is 0 Å². The number of benzene rings is 2. The number of hydrogen-bond acceptors (Lipinski definition) is 15. The molecule has 0 bridgehead atoms. The number of anilines is 2. The quantitative estimate of drug-likeness (QED) is 0.147. The minimum Gasteiger partial charge on any atom is -0.508 e. The number of nitrogens with zero attached hydrogens (tertiary/aromatic N) is 2. The van der Waals surface area contributed by atoms with E-state index in [9.17, 15) is 39.6 Å². The highest BCUT2D eigenvalue weighted by Crippen LogP contribution is 2.21. The summed E-state index contributed by atoms with van der Waals surface area (Å²) in [5, 5.41) is 63.3. The topological polar surface area (TPSA) is 276 Å². The number of rotatable bonds is 7. The Morgan fingerprint density at radius 1 is 0.848 bits per heavy atom. The first kappa shape index (κ1) is 33.3. The van der Waals surface area contributed by atoms with Gasteiger partial charge in [0.2, 0.25) is 5.91 Å². The highest BCUT2D eigenvalue weighted by molar-refractivity contribution is 6.00. The number of esters is 1. The molecule has 0 spiro atoms. The number of β-amino-alcohol motifs (C(OH)–C–C–N with tert-alkyl or cyclic N) is 2. The van der Waals surface area contributed by atoms with Crippen LogP contribution in [0.4, 0.5) is 11.4 Å². The molecule has 46 heavy (non-hydrogen) atoms. The Bertz CT molecular complexity index is 1530. The fourth-order valence-electron chi connectivity index (χ4n) is 4.27. The number of amides is 2. The number of aromatic carboxylic acids is 1. The van der Waals surface area contributed by atoms with Crippen LogP contribution in [-0.2, 0) is 14.3 Å². The summed E-state index contributed by atoms with van der Waals surface area (Å²) in [7, 11) is 0. The van der Waals surface area contributed by atoms with Crippen molar-refractivity contribution in [1.29, 1.82) is 0 Å². The normalized spacial score (nSPS) is 20.2. The first-order valence-corrected chi connectivity index (χ1v) is 14.0. The number of aliphatic hydroxyl groups excluding tert-OH is 2. The lowest BCUT2D eigenvalue weighted by molar-refractivity contribution is -0.138. The summed E-state index contributed by atoms with van der Waals surface area (Å²) >= 11 is 0. The molecule has 1 fully saturated rings. The van der Waals surface area contributed by atoms with Gasteiger partial charge in [-0.25, -0.2) is 4.79 Å². The largest absolute Gasteiger partial charge is 0.508 e. The number of cyclic esters (lactones) is 1. The summed E-state index contributed by atoms with van der Waals surface area (Å²) < 4.78 is 4.75. The van der Waals surface area contributed by atoms with Gasteiger partial charge in [0.15, 0.2) is 11.9 Å². The summed E-state index contributed by atoms with van der Waals surface area (Å²) in [6.45, 7) is 1.07. The van der Waals surface area contributed by atoms with Gasteiger partial charge in [0.25, 0.3) is 5.91 Å². The Morgan fingerprint density at radius 2 is 1.39 bits per heavy atom. The number of ether oxygens (including phenoxy) is 1. The lowest BCUT2D eigenvalue weighted by Gasteiger charge is -2.20. The Hall–Kier alpha value is -5.62. The molecule has 5 rings (SSSR count). The molecule has 3 aliphatic heterocycles. The summed E-state index contributed by atoms with van der Waals surface area (Å²) in [6.07, 6.45) is -0.971. The van der Waals surface area contributed by atoms with E-state index in [0.717, 1.165) is 6.07 Å². The number of aliphatic hydroxyl groups is 2. The summed E-state index contributed by atoms with van der Waals surface area (Å²) in [5.74, 6) is -1.94. The van der Waals surface area contributed by atoms with Crippen molar-refractivity contribution in [2.45, 2.75) is 24.7 Å². The minimum absolute atomic E-state index is 0.0195. The van der Waals surface area contributed by atoms with Gasteiger partial charge in [-0.15, -0.1) is 0 Å². The first-order chi connectivity index (χ1) is 21.9. The predicted octanol–water partition coefficient (Wildman–Crippen LogP) is -1.89. The number of carboxylic acids is 1. The van der Waals surface area contributed by atoms with Crippen LogP contribution in [0.15, 0.2) is 46.4 Å². The molecule has 0 radical (unpaired) electrons. The van der Waals surface area contributed by atoms with Crippen LogP contribution in [0.5, 0.6) is 11.5 Å². The zero-order chi connectivity index (χ0) is 33.2. The smallest absolute Gasteiger partial charge is 0.335 e. The van der Waals surface area contributed by atoms with Crippen LogP contribution in [-0.4, -0.2) is 119 Å². The molecule has 246 valence electrons. The molecule has 18 heteroatoms. The maximum absolute atomic E-state index is 12.3. The zero-order valence-electron chi connectivity index (χ0n) is 24.3. The van der Waals surface area contributed by atoms with E-state index >= 15 is 0 Å². The summed E-state index contributed by atoms with van der Waals surface area (Å²) in [4.78, 5) is 54.1. The third-order valence-electron chi connectivity index (χ3n) is 6.43. The Morgan fingerprint density at radius 3 is 1.87 bits per heavy atom. The summed E-state index contributed by atoms with van der Waals surface area (Å²) in [5.41, 5.74) is 0.953. The van der Waals surface area contributed by atoms with E-state index in [4.69, 9.17) is 9.84 Å². The van der Waals surface area contributed by atoms with Crippen LogP contribution in [0, 0.1) is 0 Å². The van der Waals surface area contributed by atoms with E-state index < -0.39 is 36.0 Å². The van der Waals surface area contributed by atoms with E-state index in [-0.39, 0.29) is 61.3 Å². The van der Waals surface area contributed by atoms with E-state index in [1.165, 1.54) is 30.3 Å². The molecule has 2 unspecified atom stereocenters.